The molecule has 0 aromatic rings. The first-order chi connectivity index (χ1) is 9.11. The van der Waals surface area contributed by atoms with Crippen molar-refractivity contribution >= 4 is 29.9 Å². The van der Waals surface area contributed by atoms with Crippen molar-refractivity contribution in [2.45, 2.75) is 40.0 Å². The topological polar surface area (TPSA) is 39.7 Å². The maximum atomic E-state index is 4.26. The summed E-state index contributed by atoms with van der Waals surface area (Å²) in [6.07, 6.45) is 3.88. The van der Waals surface area contributed by atoms with Crippen LogP contribution in [-0.2, 0) is 0 Å². The monoisotopic (exact) mass is 396 g/mol. The highest BCUT2D eigenvalue weighted by Gasteiger charge is 2.14. The summed E-state index contributed by atoms with van der Waals surface area (Å²) in [7, 11) is 1.84. The lowest BCUT2D eigenvalue weighted by molar-refractivity contribution is 0.195. The molecule has 0 spiro atoms. The minimum Gasteiger partial charge on any atom is -0.356 e. The fraction of sp³-hybridized carbons (Fsp3) is 0.933. The minimum absolute atomic E-state index is 0. The van der Waals surface area contributed by atoms with Crippen molar-refractivity contribution in [2.75, 3.05) is 39.8 Å². The van der Waals surface area contributed by atoms with Gasteiger partial charge in [-0.1, -0.05) is 20.8 Å². The van der Waals surface area contributed by atoms with E-state index in [0.29, 0.717) is 0 Å². The zero-order valence-electron chi connectivity index (χ0n) is 13.6. The maximum absolute atomic E-state index is 4.26. The Morgan fingerprint density at radius 3 is 2.35 bits per heavy atom. The average molecular weight is 396 g/mol. The zero-order chi connectivity index (χ0) is 14.1. The summed E-state index contributed by atoms with van der Waals surface area (Å²) >= 11 is 0. The van der Waals surface area contributed by atoms with Crippen LogP contribution in [0.15, 0.2) is 4.99 Å². The number of nitrogens with one attached hydrogen (secondary N) is 2. The average Bonchev–Trinajstić information content (AvgIpc) is 2.39. The third-order valence-corrected chi connectivity index (χ3v) is 3.83. The Hall–Kier alpha value is -0.0400. The second-order valence-electron chi connectivity index (χ2n) is 6.13. The van der Waals surface area contributed by atoms with Gasteiger partial charge in [0.1, 0.15) is 0 Å². The highest BCUT2D eigenvalue weighted by atomic mass is 127. The molecule has 5 heteroatoms. The quantitative estimate of drug-likeness (QED) is 0.412. The maximum Gasteiger partial charge on any atom is 0.191 e. The van der Waals surface area contributed by atoms with E-state index in [1.165, 1.54) is 32.4 Å². The summed E-state index contributed by atoms with van der Waals surface area (Å²) < 4.78 is 0. The van der Waals surface area contributed by atoms with E-state index < -0.39 is 0 Å². The molecule has 20 heavy (non-hydrogen) atoms. The lowest BCUT2D eigenvalue weighted by atomic mass is 9.99. The van der Waals surface area contributed by atoms with Gasteiger partial charge in [-0.25, -0.2) is 0 Å². The second-order valence-corrected chi connectivity index (χ2v) is 6.13. The van der Waals surface area contributed by atoms with Gasteiger partial charge >= 0.3 is 0 Å². The molecule has 1 rings (SSSR count). The van der Waals surface area contributed by atoms with Gasteiger partial charge in [0, 0.05) is 26.7 Å². The van der Waals surface area contributed by atoms with E-state index in [0.717, 1.165) is 37.4 Å². The summed E-state index contributed by atoms with van der Waals surface area (Å²) in [5.74, 6) is 2.58. The largest absolute Gasteiger partial charge is 0.356 e. The highest BCUT2D eigenvalue weighted by Crippen LogP contribution is 2.14. The first-order valence-corrected chi connectivity index (χ1v) is 7.78. The van der Waals surface area contributed by atoms with Crippen molar-refractivity contribution in [1.82, 2.24) is 15.5 Å². The van der Waals surface area contributed by atoms with Crippen molar-refractivity contribution in [1.29, 1.82) is 0 Å². The summed E-state index contributed by atoms with van der Waals surface area (Å²) in [6.45, 7) is 12.5. The molecular weight excluding hydrogens is 363 g/mol. The van der Waals surface area contributed by atoms with Crippen LogP contribution in [0.4, 0.5) is 0 Å². The normalized spacial score (nSPS) is 17.9. The smallest absolute Gasteiger partial charge is 0.191 e. The number of rotatable bonds is 6. The summed E-state index contributed by atoms with van der Waals surface area (Å²) in [5, 5.41) is 6.76. The third-order valence-electron chi connectivity index (χ3n) is 3.83. The Kier molecular flexibility index (Phi) is 11.6. The Bertz CT molecular complexity index is 261. The second kappa shape index (κ2) is 11.6. The highest BCUT2D eigenvalue weighted by molar-refractivity contribution is 14.0. The minimum atomic E-state index is 0. The molecule has 1 saturated heterocycles. The Morgan fingerprint density at radius 2 is 1.80 bits per heavy atom. The van der Waals surface area contributed by atoms with Crippen LogP contribution in [0.25, 0.3) is 0 Å². The van der Waals surface area contributed by atoms with Crippen molar-refractivity contribution in [3.8, 4) is 0 Å². The van der Waals surface area contributed by atoms with Crippen LogP contribution >= 0.6 is 24.0 Å². The molecule has 0 radical (unpaired) electrons. The lowest BCUT2D eigenvalue weighted by Gasteiger charge is -2.30. The van der Waals surface area contributed by atoms with Crippen LogP contribution in [0.1, 0.15) is 40.0 Å². The fourth-order valence-electron chi connectivity index (χ4n) is 2.32. The molecule has 0 aromatic carbocycles. The molecule has 0 atom stereocenters. The number of halogens is 1. The van der Waals surface area contributed by atoms with Crippen LogP contribution < -0.4 is 10.6 Å². The fourth-order valence-corrected chi connectivity index (χ4v) is 2.32. The molecule has 0 aromatic heterocycles. The van der Waals surface area contributed by atoms with Gasteiger partial charge in [-0.05, 0) is 44.2 Å². The summed E-state index contributed by atoms with van der Waals surface area (Å²) in [6, 6.07) is 0. The van der Waals surface area contributed by atoms with E-state index in [9.17, 15) is 0 Å². The number of likely N-dealkylation sites (tertiary alicyclic amines) is 1. The molecule has 0 aliphatic carbocycles. The van der Waals surface area contributed by atoms with Crippen LogP contribution in [0.2, 0.25) is 0 Å². The zero-order valence-corrected chi connectivity index (χ0v) is 15.9. The predicted octanol–water partition coefficient (Wildman–Crippen LogP) is 2.55. The van der Waals surface area contributed by atoms with Crippen molar-refractivity contribution < 1.29 is 0 Å². The first kappa shape index (κ1) is 20.0. The van der Waals surface area contributed by atoms with Gasteiger partial charge in [-0.3, -0.25) is 4.99 Å². The number of piperidine rings is 1. The van der Waals surface area contributed by atoms with Gasteiger partial charge in [-0.2, -0.15) is 0 Å². The molecule has 1 aliphatic heterocycles. The molecule has 2 N–H and O–H groups in total. The number of aliphatic imine (C=N–C) groups is 1. The van der Waals surface area contributed by atoms with Gasteiger partial charge in [0.2, 0.25) is 0 Å². The Labute approximate surface area is 142 Å². The SMILES string of the molecule is CN=C(NCCC(C)C)NCCN1CCC(C)CC1.I. The summed E-state index contributed by atoms with van der Waals surface area (Å²) in [4.78, 5) is 6.81. The molecular formula is C15H33IN4. The van der Waals surface area contributed by atoms with E-state index in [1.807, 2.05) is 7.05 Å². The Balaban J connectivity index is 0.00000361. The van der Waals surface area contributed by atoms with Gasteiger partial charge in [0.25, 0.3) is 0 Å². The number of guanidine groups is 1. The molecule has 0 unspecified atom stereocenters. The van der Waals surface area contributed by atoms with Gasteiger partial charge in [-0.15, -0.1) is 24.0 Å². The van der Waals surface area contributed by atoms with Crippen LogP contribution in [-0.4, -0.2) is 50.6 Å². The molecule has 120 valence electrons. The van der Waals surface area contributed by atoms with E-state index in [2.05, 4.69) is 41.3 Å². The molecule has 1 heterocycles. The summed E-state index contributed by atoms with van der Waals surface area (Å²) in [5.41, 5.74) is 0. The van der Waals surface area contributed by atoms with E-state index in [4.69, 9.17) is 0 Å². The first-order valence-electron chi connectivity index (χ1n) is 7.78. The van der Waals surface area contributed by atoms with Gasteiger partial charge in [0.15, 0.2) is 5.96 Å². The van der Waals surface area contributed by atoms with E-state index >= 15 is 0 Å². The number of hydrogen-bond acceptors (Lipinski definition) is 2. The van der Waals surface area contributed by atoms with Crippen LogP contribution in [0.3, 0.4) is 0 Å². The van der Waals surface area contributed by atoms with E-state index in [1.54, 1.807) is 0 Å². The molecule has 1 aliphatic rings. The standard InChI is InChI=1S/C15H32N4.HI/c1-13(2)5-8-17-15(16-4)18-9-12-19-10-6-14(3)7-11-19;/h13-14H,5-12H2,1-4H3,(H2,16,17,18);1H. The van der Waals surface area contributed by atoms with Gasteiger partial charge < -0.3 is 15.5 Å². The molecule has 4 nitrogen and oxygen atoms in total. The van der Waals surface area contributed by atoms with Gasteiger partial charge in [0.05, 0.1) is 0 Å². The van der Waals surface area contributed by atoms with Crippen molar-refractivity contribution in [2.24, 2.45) is 16.8 Å². The molecule has 1 fully saturated rings. The van der Waals surface area contributed by atoms with E-state index in [-0.39, 0.29) is 24.0 Å². The van der Waals surface area contributed by atoms with Crippen molar-refractivity contribution in [3.05, 3.63) is 0 Å². The lowest BCUT2D eigenvalue weighted by Crippen LogP contribution is -2.43. The molecule has 0 saturated carbocycles. The Morgan fingerprint density at radius 1 is 1.20 bits per heavy atom. The third kappa shape index (κ3) is 9.00. The number of hydrogen-bond donors (Lipinski definition) is 2. The number of nitrogens with zero attached hydrogens (tertiary/aromatic N) is 2. The predicted molar refractivity (Wildman–Crippen MR) is 99.1 cm³/mol. The molecule has 0 bridgehead atoms. The van der Waals surface area contributed by atoms with Crippen LogP contribution in [0.5, 0.6) is 0 Å². The van der Waals surface area contributed by atoms with Crippen LogP contribution in [0, 0.1) is 11.8 Å². The molecule has 0 amide bonds. The van der Waals surface area contributed by atoms with Crippen molar-refractivity contribution in [3.63, 3.8) is 0 Å².